The van der Waals surface area contributed by atoms with Gasteiger partial charge in [-0.3, -0.25) is 4.68 Å². The Labute approximate surface area is 93.8 Å². The Morgan fingerprint density at radius 2 is 2.14 bits per heavy atom. The summed E-state index contributed by atoms with van der Waals surface area (Å²) in [4.78, 5) is 0.644. The Balaban J connectivity index is 2.28. The molecule has 2 rings (SSSR count). The predicted octanol–water partition coefficient (Wildman–Crippen LogP) is 3.15. The van der Waals surface area contributed by atoms with Crippen LogP contribution in [-0.2, 0) is 7.05 Å². The molecule has 0 amide bonds. The highest BCUT2D eigenvalue weighted by Crippen LogP contribution is 2.38. The molecule has 2 unspecified atom stereocenters. The van der Waals surface area contributed by atoms with Crippen molar-refractivity contribution in [2.24, 2.45) is 7.05 Å². The Morgan fingerprint density at radius 3 is 2.71 bits per heavy atom. The van der Waals surface area contributed by atoms with E-state index in [1.165, 1.54) is 36.9 Å². The van der Waals surface area contributed by atoms with E-state index in [0.29, 0.717) is 10.7 Å². The molecule has 2 atom stereocenters. The van der Waals surface area contributed by atoms with Gasteiger partial charge in [0.05, 0.1) is 6.20 Å². The maximum Gasteiger partial charge on any atom is 0.0521 e. The van der Waals surface area contributed by atoms with Gasteiger partial charge in [0.2, 0.25) is 0 Å². The highest BCUT2D eigenvalue weighted by Gasteiger charge is 2.27. The van der Waals surface area contributed by atoms with Gasteiger partial charge < -0.3 is 0 Å². The van der Waals surface area contributed by atoms with Gasteiger partial charge in [-0.2, -0.15) is 5.10 Å². The van der Waals surface area contributed by atoms with E-state index >= 15 is 0 Å². The van der Waals surface area contributed by atoms with E-state index in [9.17, 15) is 0 Å². The molecule has 0 bridgehead atoms. The molecule has 0 N–H and O–H groups in total. The van der Waals surface area contributed by atoms with Gasteiger partial charge >= 0.3 is 0 Å². The van der Waals surface area contributed by atoms with Crippen LogP contribution in [0, 0.1) is 6.92 Å². The van der Waals surface area contributed by atoms with Crippen molar-refractivity contribution in [3.8, 4) is 0 Å². The number of hydrogen-bond acceptors (Lipinski definition) is 1. The molecule has 1 aromatic heterocycles. The molecule has 1 fully saturated rings. The second-order valence-electron chi connectivity index (χ2n) is 4.24. The van der Waals surface area contributed by atoms with E-state index in [2.05, 4.69) is 35.0 Å². The molecule has 1 aliphatic carbocycles. The van der Waals surface area contributed by atoms with Crippen molar-refractivity contribution < 1.29 is 0 Å². The zero-order chi connectivity index (χ0) is 10.1. The lowest BCUT2D eigenvalue weighted by molar-refractivity contribution is 0.439. The van der Waals surface area contributed by atoms with Crippen LogP contribution in [0.1, 0.15) is 42.9 Å². The first-order valence-electron chi connectivity index (χ1n) is 5.32. The number of halogens is 1. The number of aryl methyl sites for hydroxylation is 2. The van der Waals surface area contributed by atoms with E-state index in [1.54, 1.807) is 0 Å². The van der Waals surface area contributed by atoms with E-state index in [0.717, 1.165) is 0 Å². The minimum Gasteiger partial charge on any atom is -0.272 e. The normalized spacial score (nSPS) is 27.9. The van der Waals surface area contributed by atoms with Crippen LogP contribution < -0.4 is 0 Å². The molecule has 14 heavy (non-hydrogen) atoms. The molecule has 78 valence electrons. The van der Waals surface area contributed by atoms with Gasteiger partial charge in [-0.15, -0.1) is 0 Å². The van der Waals surface area contributed by atoms with Gasteiger partial charge in [-0.1, -0.05) is 28.8 Å². The maximum atomic E-state index is 4.32. The summed E-state index contributed by atoms with van der Waals surface area (Å²) in [5.41, 5.74) is 2.76. The van der Waals surface area contributed by atoms with Crippen LogP contribution in [0.25, 0.3) is 0 Å². The van der Waals surface area contributed by atoms with Gasteiger partial charge in [0, 0.05) is 23.5 Å². The number of hydrogen-bond donors (Lipinski definition) is 0. The van der Waals surface area contributed by atoms with Crippen molar-refractivity contribution in [1.82, 2.24) is 9.78 Å². The Morgan fingerprint density at radius 1 is 1.43 bits per heavy atom. The highest BCUT2D eigenvalue weighted by molar-refractivity contribution is 9.09. The van der Waals surface area contributed by atoms with E-state index in [-0.39, 0.29) is 0 Å². The number of aromatic nitrogens is 2. The first-order valence-corrected chi connectivity index (χ1v) is 6.24. The SMILES string of the molecule is Cc1cnn(C)c1C1CCCCC1Br. The zero-order valence-electron chi connectivity index (χ0n) is 8.83. The summed E-state index contributed by atoms with van der Waals surface area (Å²) >= 11 is 3.80. The van der Waals surface area contributed by atoms with Crippen LogP contribution in [0.2, 0.25) is 0 Å². The fourth-order valence-corrected chi connectivity index (χ4v) is 3.32. The minimum absolute atomic E-state index is 0.644. The fourth-order valence-electron chi connectivity index (χ4n) is 2.48. The smallest absolute Gasteiger partial charge is 0.0521 e. The quantitative estimate of drug-likeness (QED) is 0.707. The van der Waals surface area contributed by atoms with Crippen LogP contribution in [-0.4, -0.2) is 14.6 Å². The van der Waals surface area contributed by atoms with Gasteiger partial charge in [-0.25, -0.2) is 0 Å². The Kier molecular flexibility index (Phi) is 2.96. The molecule has 1 aromatic rings. The maximum absolute atomic E-state index is 4.32. The summed E-state index contributed by atoms with van der Waals surface area (Å²) in [5.74, 6) is 0.663. The molecule has 2 nitrogen and oxygen atoms in total. The average Bonchev–Trinajstić information content (AvgIpc) is 2.48. The van der Waals surface area contributed by atoms with Crippen LogP contribution in [0.3, 0.4) is 0 Å². The summed E-state index contributed by atoms with van der Waals surface area (Å²) in [6.07, 6.45) is 7.30. The van der Waals surface area contributed by atoms with Crippen LogP contribution in [0.15, 0.2) is 6.20 Å². The van der Waals surface area contributed by atoms with Gasteiger partial charge in [0.25, 0.3) is 0 Å². The first kappa shape index (κ1) is 10.2. The third-order valence-corrected chi connectivity index (χ3v) is 4.31. The van der Waals surface area contributed by atoms with Crippen molar-refractivity contribution in [1.29, 1.82) is 0 Å². The van der Waals surface area contributed by atoms with Crippen LogP contribution in [0.4, 0.5) is 0 Å². The van der Waals surface area contributed by atoms with E-state index < -0.39 is 0 Å². The molecule has 0 radical (unpaired) electrons. The van der Waals surface area contributed by atoms with Crippen molar-refractivity contribution in [2.75, 3.05) is 0 Å². The third-order valence-electron chi connectivity index (χ3n) is 3.21. The molecule has 1 heterocycles. The highest BCUT2D eigenvalue weighted by atomic mass is 79.9. The summed E-state index contributed by atoms with van der Waals surface area (Å²) in [6, 6.07) is 0. The van der Waals surface area contributed by atoms with E-state index in [4.69, 9.17) is 0 Å². The number of nitrogens with zero attached hydrogens (tertiary/aromatic N) is 2. The molecule has 3 heteroatoms. The molecular formula is C11H17BrN2. The lowest BCUT2D eigenvalue weighted by atomic mass is 9.85. The van der Waals surface area contributed by atoms with Gasteiger partial charge in [-0.05, 0) is 25.3 Å². The van der Waals surface area contributed by atoms with Crippen molar-refractivity contribution in [3.63, 3.8) is 0 Å². The number of rotatable bonds is 1. The lowest BCUT2D eigenvalue weighted by Crippen LogP contribution is -2.20. The molecule has 0 saturated heterocycles. The Bertz CT molecular complexity index is 300. The Hall–Kier alpha value is -0.310. The second-order valence-corrected chi connectivity index (χ2v) is 5.42. The molecule has 0 spiro atoms. The summed E-state index contributed by atoms with van der Waals surface area (Å²) in [7, 11) is 2.05. The van der Waals surface area contributed by atoms with Crippen molar-refractivity contribution >= 4 is 15.9 Å². The first-order chi connectivity index (χ1) is 6.70. The standard InChI is InChI=1S/C11H17BrN2/c1-8-7-13-14(2)11(8)9-5-3-4-6-10(9)12/h7,9-10H,3-6H2,1-2H3. The number of alkyl halides is 1. The summed E-state index contributed by atoms with van der Waals surface area (Å²) in [6.45, 7) is 2.16. The van der Waals surface area contributed by atoms with E-state index in [1.807, 2.05) is 10.9 Å². The molecule has 1 aliphatic rings. The minimum atomic E-state index is 0.644. The average molecular weight is 257 g/mol. The molecule has 1 saturated carbocycles. The molecular weight excluding hydrogens is 240 g/mol. The monoisotopic (exact) mass is 256 g/mol. The topological polar surface area (TPSA) is 17.8 Å². The molecule has 0 aromatic carbocycles. The fraction of sp³-hybridized carbons (Fsp3) is 0.727. The second kappa shape index (κ2) is 4.05. The zero-order valence-corrected chi connectivity index (χ0v) is 10.4. The van der Waals surface area contributed by atoms with Gasteiger partial charge in [0.1, 0.15) is 0 Å². The van der Waals surface area contributed by atoms with Crippen molar-refractivity contribution in [3.05, 3.63) is 17.5 Å². The predicted molar refractivity (Wildman–Crippen MR) is 61.9 cm³/mol. The van der Waals surface area contributed by atoms with Crippen molar-refractivity contribution in [2.45, 2.75) is 43.4 Å². The van der Waals surface area contributed by atoms with Gasteiger partial charge in [0.15, 0.2) is 0 Å². The molecule has 0 aliphatic heterocycles. The van der Waals surface area contributed by atoms with Crippen LogP contribution in [0.5, 0.6) is 0 Å². The van der Waals surface area contributed by atoms with Crippen LogP contribution >= 0.6 is 15.9 Å². The lowest BCUT2D eigenvalue weighted by Gasteiger charge is -2.28. The summed E-state index contributed by atoms with van der Waals surface area (Å²) in [5, 5.41) is 4.32. The third kappa shape index (κ3) is 1.74. The summed E-state index contributed by atoms with van der Waals surface area (Å²) < 4.78 is 2.04. The largest absolute Gasteiger partial charge is 0.272 e.